The van der Waals surface area contributed by atoms with Crippen LogP contribution < -0.4 is 0 Å². The Morgan fingerprint density at radius 1 is 0.614 bits per heavy atom. The Morgan fingerprint density at radius 3 is 1.16 bits per heavy atom. The van der Waals surface area contributed by atoms with E-state index in [0.29, 0.717) is 26.0 Å². The number of benzene rings is 2. The summed E-state index contributed by atoms with van der Waals surface area (Å²) < 4.78 is 146. The van der Waals surface area contributed by atoms with Crippen LogP contribution in [0.2, 0.25) is 0 Å². The molecule has 4 rings (SSSR count). The number of aliphatic hydroxyl groups is 2. The number of hydrogen-bond donors (Lipinski definition) is 6. The van der Waals surface area contributed by atoms with E-state index >= 15 is 0 Å². The highest BCUT2D eigenvalue weighted by Gasteiger charge is 2.81. The summed E-state index contributed by atoms with van der Waals surface area (Å²) in [6.07, 6.45) is 1.16. The summed E-state index contributed by atoms with van der Waals surface area (Å²) in [4.78, 5) is -11.7. The molecule has 4 atom stereocenters. The van der Waals surface area contributed by atoms with Crippen LogP contribution >= 0.6 is 0 Å². The molecule has 2 aliphatic carbocycles. The van der Waals surface area contributed by atoms with E-state index in [4.69, 9.17) is 0 Å². The van der Waals surface area contributed by atoms with Crippen LogP contribution in [0.5, 0.6) is 0 Å². The van der Waals surface area contributed by atoms with Gasteiger partial charge < -0.3 is 15.7 Å². The van der Waals surface area contributed by atoms with Crippen LogP contribution in [-0.2, 0) is 50.2 Å². The lowest BCUT2D eigenvalue weighted by Gasteiger charge is -2.52. The van der Waals surface area contributed by atoms with Crippen LogP contribution in [0.1, 0.15) is 47.2 Å². The molecule has 0 saturated heterocycles. The largest absolute Gasteiger partial charge is 0.503 e. The van der Waals surface area contributed by atoms with Crippen molar-refractivity contribution in [2.45, 2.75) is 48.6 Å². The summed E-state index contributed by atoms with van der Waals surface area (Å²) in [7, 11) is -24.2. The molecular formula is C24H26N2O14S4. The zero-order valence-electron chi connectivity index (χ0n) is 23.1. The van der Waals surface area contributed by atoms with E-state index in [1.54, 1.807) is 0 Å². The summed E-state index contributed by atoms with van der Waals surface area (Å²) >= 11 is 0. The van der Waals surface area contributed by atoms with Gasteiger partial charge in [-0.3, -0.25) is 22.9 Å². The molecule has 0 saturated carbocycles. The van der Waals surface area contributed by atoms with Gasteiger partial charge in [0.15, 0.2) is 11.2 Å². The van der Waals surface area contributed by atoms with Crippen LogP contribution in [0.3, 0.4) is 0 Å². The highest BCUT2D eigenvalue weighted by atomic mass is 32.2. The number of hydrogen-bond acceptors (Lipinski definition) is 10. The first kappa shape index (κ1) is 34.0. The van der Waals surface area contributed by atoms with Crippen molar-refractivity contribution in [2.24, 2.45) is 0 Å². The SMILES string of the molecule is Cc1cccc2c1C=C(S(=O)(=O)O)C(C)(O)C2([N+](=[N-])C1(S(=O)(=O)O)c2cccc(C)c2C=C(S(=O)(=O)O)C1(C)O)S(=O)(=O)O. The predicted molar refractivity (Wildman–Crippen MR) is 153 cm³/mol. The summed E-state index contributed by atoms with van der Waals surface area (Å²) in [5, 5.41) is 23.7. The second-order valence-electron chi connectivity index (χ2n) is 10.7. The molecular weight excluding hydrogens is 669 g/mol. The maximum absolute atomic E-state index is 13.6. The molecule has 0 fully saturated rings. The van der Waals surface area contributed by atoms with Crippen molar-refractivity contribution < 1.29 is 66.8 Å². The van der Waals surface area contributed by atoms with Crippen LogP contribution in [0.15, 0.2) is 46.2 Å². The van der Waals surface area contributed by atoms with Crippen LogP contribution in [0, 0.1) is 13.8 Å². The standard InChI is InChI=1S/C24H26N2O14S4/c1-13-7-5-9-17-15(13)11-19(41(29,30)31)21(3,27)23(17,43(35,36)37)26(25)24(44(38,39)40)18-10-6-8-14(2)16(18)12-20(22(24,4)28)42(32,33)34/h5-12,27-28H,1-4H3,(H,29,30,31)(H,32,33,34)(H,35,36,37)(H,38,39,40). The Hall–Kier alpha value is -2.92. The highest BCUT2D eigenvalue weighted by Crippen LogP contribution is 2.60. The molecule has 240 valence electrons. The summed E-state index contributed by atoms with van der Waals surface area (Å²) in [5.41, 5.74) is 1.61. The first-order valence-electron chi connectivity index (χ1n) is 12.1. The van der Waals surface area contributed by atoms with Gasteiger partial charge in [0.1, 0.15) is 9.81 Å². The molecule has 44 heavy (non-hydrogen) atoms. The first-order valence-corrected chi connectivity index (χ1v) is 17.9. The highest BCUT2D eigenvalue weighted by molar-refractivity contribution is 7.91. The minimum absolute atomic E-state index is 0.0216. The quantitative estimate of drug-likeness (QED) is 0.140. The second kappa shape index (κ2) is 9.55. The monoisotopic (exact) mass is 694 g/mol. The molecule has 0 aromatic heterocycles. The molecule has 0 aliphatic heterocycles. The summed E-state index contributed by atoms with van der Waals surface area (Å²) in [6, 6.07) is 6.31. The summed E-state index contributed by atoms with van der Waals surface area (Å²) in [6.45, 7) is 3.23. The topological polar surface area (TPSA) is 283 Å². The predicted octanol–water partition coefficient (Wildman–Crippen LogP) is 1.11. The van der Waals surface area contributed by atoms with Gasteiger partial charge in [0.2, 0.25) is 0 Å². The third-order valence-electron chi connectivity index (χ3n) is 8.11. The van der Waals surface area contributed by atoms with E-state index in [1.165, 1.54) is 26.0 Å². The molecule has 2 aromatic rings. The number of fused-ring (bicyclic) bond motifs is 2. The van der Waals surface area contributed by atoms with E-state index in [9.17, 15) is 67.6 Å². The third kappa shape index (κ3) is 4.13. The molecule has 0 heterocycles. The average molecular weight is 695 g/mol. The molecule has 0 amide bonds. The maximum Gasteiger partial charge on any atom is 0.339 e. The lowest BCUT2D eigenvalue weighted by atomic mass is 9.75. The van der Waals surface area contributed by atoms with Crippen LogP contribution in [0.4, 0.5) is 0 Å². The van der Waals surface area contributed by atoms with E-state index < -0.39 is 98.2 Å². The van der Waals surface area contributed by atoms with Crippen molar-refractivity contribution in [3.63, 3.8) is 0 Å². The van der Waals surface area contributed by atoms with E-state index in [-0.39, 0.29) is 11.1 Å². The molecule has 0 radical (unpaired) electrons. The van der Waals surface area contributed by atoms with Gasteiger partial charge in [-0.2, -0.15) is 33.7 Å². The minimum Gasteiger partial charge on any atom is -0.503 e. The van der Waals surface area contributed by atoms with Gasteiger partial charge in [-0.25, -0.2) is 0 Å². The number of aryl methyl sites for hydroxylation is 2. The van der Waals surface area contributed by atoms with Gasteiger partial charge in [-0.05, 0) is 62.1 Å². The van der Waals surface area contributed by atoms with Gasteiger partial charge in [0, 0.05) is 0 Å². The summed E-state index contributed by atoms with van der Waals surface area (Å²) in [5.74, 6) is 0. The van der Waals surface area contributed by atoms with E-state index in [0.717, 1.165) is 24.3 Å². The number of rotatable bonds is 6. The Bertz CT molecular complexity index is 2010. The molecule has 20 heteroatoms. The molecule has 0 spiro atoms. The Balaban J connectivity index is 2.44. The molecule has 0 bridgehead atoms. The van der Waals surface area contributed by atoms with E-state index in [2.05, 4.69) is 0 Å². The molecule has 4 unspecified atom stereocenters. The third-order valence-corrected chi connectivity index (χ3v) is 13.3. The first-order chi connectivity index (χ1) is 19.6. The Morgan fingerprint density at radius 2 is 0.909 bits per heavy atom. The van der Waals surface area contributed by atoms with Crippen molar-refractivity contribution in [3.8, 4) is 0 Å². The van der Waals surface area contributed by atoms with Gasteiger partial charge in [0.05, 0.1) is 11.1 Å². The zero-order chi connectivity index (χ0) is 33.9. The van der Waals surface area contributed by atoms with Crippen molar-refractivity contribution in [1.82, 2.24) is 0 Å². The van der Waals surface area contributed by atoms with Crippen molar-refractivity contribution in [2.75, 3.05) is 0 Å². The molecule has 16 nitrogen and oxygen atoms in total. The smallest absolute Gasteiger partial charge is 0.339 e. The van der Waals surface area contributed by atoms with Gasteiger partial charge in [-0.1, -0.05) is 36.4 Å². The van der Waals surface area contributed by atoms with Crippen molar-refractivity contribution in [3.05, 3.63) is 85.1 Å². The fourth-order valence-corrected chi connectivity index (χ4v) is 11.1. The Kier molecular flexibility index (Phi) is 7.37. The van der Waals surface area contributed by atoms with Gasteiger partial charge in [-0.15, -0.1) is 0 Å². The van der Waals surface area contributed by atoms with Gasteiger partial charge in [0.25, 0.3) is 20.2 Å². The lowest BCUT2D eigenvalue weighted by Crippen LogP contribution is -2.73. The maximum atomic E-state index is 13.6. The minimum atomic E-state index is -6.39. The normalized spacial score (nSPS) is 29.2. The van der Waals surface area contributed by atoms with Gasteiger partial charge >= 0.3 is 30.0 Å². The number of nitrogens with zero attached hydrogens (tertiary/aromatic N) is 2. The fraction of sp³-hybridized carbons (Fsp3) is 0.333. The van der Waals surface area contributed by atoms with Crippen molar-refractivity contribution in [1.29, 1.82) is 0 Å². The van der Waals surface area contributed by atoms with Crippen LogP contribution in [0.25, 0.3) is 17.7 Å². The lowest BCUT2D eigenvalue weighted by molar-refractivity contribution is -0.693. The van der Waals surface area contributed by atoms with E-state index in [1.807, 2.05) is 0 Å². The fourth-order valence-electron chi connectivity index (χ4n) is 6.25. The molecule has 6 N–H and O–H groups in total. The van der Waals surface area contributed by atoms with Crippen molar-refractivity contribution >= 4 is 52.6 Å². The Labute approximate surface area is 252 Å². The molecule has 2 aliphatic rings. The van der Waals surface area contributed by atoms with Crippen LogP contribution in [-0.4, -0.2) is 78.0 Å². The second-order valence-corrected chi connectivity index (χ2v) is 16.6. The average Bonchev–Trinajstić information content (AvgIpc) is 2.79. The molecule has 2 aromatic carbocycles. The zero-order valence-corrected chi connectivity index (χ0v) is 26.4.